The lowest BCUT2D eigenvalue weighted by atomic mass is 10.1. The van der Waals surface area contributed by atoms with Crippen molar-refractivity contribution in [3.8, 4) is 0 Å². The lowest BCUT2D eigenvalue weighted by Crippen LogP contribution is -2.35. The van der Waals surface area contributed by atoms with Crippen LogP contribution in [0.1, 0.15) is 43.2 Å². The van der Waals surface area contributed by atoms with Crippen LogP contribution in [0.2, 0.25) is 0 Å². The van der Waals surface area contributed by atoms with Crippen molar-refractivity contribution in [2.45, 2.75) is 52.0 Å². The summed E-state index contributed by atoms with van der Waals surface area (Å²) in [5.74, 6) is -0.443. The van der Waals surface area contributed by atoms with Crippen LogP contribution in [-0.2, 0) is 9.59 Å². The van der Waals surface area contributed by atoms with E-state index in [0.717, 1.165) is 24.1 Å². The molecule has 1 saturated carbocycles. The number of anilines is 1. The quantitative estimate of drug-likeness (QED) is 0.829. The number of rotatable bonds is 4. The molecule has 1 aromatic rings. The van der Waals surface area contributed by atoms with E-state index in [4.69, 9.17) is 0 Å². The Morgan fingerprint density at radius 1 is 1.10 bits per heavy atom. The van der Waals surface area contributed by atoms with Gasteiger partial charge in [0.1, 0.15) is 6.42 Å². The van der Waals surface area contributed by atoms with Crippen molar-refractivity contribution in [2.24, 2.45) is 0 Å². The maximum absolute atomic E-state index is 11.8. The molecular formula is C16H22N2O2. The van der Waals surface area contributed by atoms with Gasteiger partial charge in [-0.2, -0.15) is 0 Å². The van der Waals surface area contributed by atoms with E-state index in [1.165, 1.54) is 18.4 Å². The number of carbonyl (C=O) groups is 2. The Labute approximate surface area is 119 Å². The maximum atomic E-state index is 11.8. The second-order valence-electron chi connectivity index (χ2n) is 5.57. The number of benzene rings is 1. The summed E-state index contributed by atoms with van der Waals surface area (Å²) < 4.78 is 0. The highest BCUT2D eigenvalue weighted by molar-refractivity contribution is 6.03. The lowest BCUT2D eigenvalue weighted by molar-refractivity contribution is -0.127. The molecule has 4 nitrogen and oxygen atoms in total. The summed E-state index contributed by atoms with van der Waals surface area (Å²) in [6, 6.07) is 6.00. The standard InChI is InChI=1S/C16H22N2O2/c1-11-7-8-14(9-12(11)2)18-16(20)10-15(19)17-13-5-3-4-6-13/h7-9,13H,3-6,10H2,1-2H3,(H,17,19)(H,18,20). The zero-order valence-corrected chi connectivity index (χ0v) is 12.2. The number of nitrogens with one attached hydrogen (secondary N) is 2. The molecule has 1 aliphatic carbocycles. The van der Waals surface area contributed by atoms with Crippen LogP contribution < -0.4 is 10.6 Å². The Morgan fingerprint density at radius 3 is 2.45 bits per heavy atom. The molecule has 0 spiro atoms. The van der Waals surface area contributed by atoms with Gasteiger partial charge in [-0.3, -0.25) is 9.59 Å². The molecule has 4 heteroatoms. The third-order valence-corrected chi connectivity index (χ3v) is 3.83. The van der Waals surface area contributed by atoms with Crippen LogP contribution in [-0.4, -0.2) is 17.9 Å². The van der Waals surface area contributed by atoms with Crippen LogP contribution >= 0.6 is 0 Å². The van der Waals surface area contributed by atoms with Crippen molar-refractivity contribution in [1.82, 2.24) is 5.32 Å². The van der Waals surface area contributed by atoms with Crippen LogP contribution in [0.15, 0.2) is 18.2 Å². The Hall–Kier alpha value is -1.84. The van der Waals surface area contributed by atoms with E-state index in [1.807, 2.05) is 32.0 Å². The smallest absolute Gasteiger partial charge is 0.233 e. The van der Waals surface area contributed by atoms with Gasteiger partial charge in [0.25, 0.3) is 0 Å². The van der Waals surface area contributed by atoms with Crippen molar-refractivity contribution in [3.63, 3.8) is 0 Å². The van der Waals surface area contributed by atoms with Gasteiger partial charge in [0.15, 0.2) is 0 Å². The zero-order chi connectivity index (χ0) is 14.5. The van der Waals surface area contributed by atoms with Crippen molar-refractivity contribution >= 4 is 17.5 Å². The minimum atomic E-state index is -0.260. The highest BCUT2D eigenvalue weighted by Gasteiger charge is 2.18. The van der Waals surface area contributed by atoms with E-state index in [-0.39, 0.29) is 24.3 Å². The average Bonchev–Trinajstić information content (AvgIpc) is 2.86. The van der Waals surface area contributed by atoms with Crippen LogP contribution in [0.25, 0.3) is 0 Å². The Morgan fingerprint density at radius 2 is 1.80 bits per heavy atom. The summed E-state index contributed by atoms with van der Waals surface area (Å²) in [5, 5.41) is 5.68. The fourth-order valence-corrected chi connectivity index (χ4v) is 2.52. The molecule has 1 fully saturated rings. The van der Waals surface area contributed by atoms with Crippen LogP contribution in [0.3, 0.4) is 0 Å². The molecule has 0 atom stereocenters. The third kappa shape index (κ3) is 4.08. The molecular weight excluding hydrogens is 252 g/mol. The Bertz CT molecular complexity index is 505. The first-order valence-corrected chi connectivity index (χ1v) is 7.21. The molecule has 2 amide bonds. The molecule has 0 bridgehead atoms. The molecule has 108 valence electrons. The molecule has 0 radical (unpaired) electrons. The summed E-state index contributed by atoms with van der Waals surface area (Å²) >= 11 is 0. The second kappa shape index (κ2) is 6.55. The van der Waals surface area contributed by atoms with Gasteiger partial charge in [-0.15, -0.1) is 0 Å². The summed E-state index contributed by atoms with van der Waals surface area (Å²) in [7, 11) is 0. The molecule has 0 heterocycles. The second-order valence-corrected chi connectivity index (χ2v) is 5.57. The summed E-state index contributed by atoms with van der Waals surface area (Å²) in [6.45, 7) is 4.02. The molecule has 0 aromatic heterocycles. The van der Waals surface area contributed by atoms with Crippen molar-refractivity contribution < 1.29 is 9.59 Å². The fraction of sp³-hybridized carbons (Fsp3) is 0.500. The molecule has 2 rings (SSSR count). The minimum absolute atomic E-state index is 0.108. The lowest BCUT2D eigenvalue weighted by Gasteiger charge is -2.12. The van der Waals surface area contributed by atoms with Gasteiger partial charge in [-0.25, -0.2) is 0 Å². The van der Waals surface area contributed by atoms with Gasteiger partial charge in [0.05, 0.1) is 0 Å². The number of aryl methyl sites for hydroxylation is 2. The average molecular weight is 274 g/mol. The topological polar surface area (TPSA) is 58.2 Å². The molecule has 20 heavy (non-hydrogen) atoms. The van der Waals surface area contributed by atoms with Gasteiger partial charge >= 0.3 is 0 Å². The highest BCUT2D eigenvalue weighted by atomic mass is 16.2. The van der Waals surface area contributed by atoms with Crippen LogP contribution in [0.4, 0.5) is 5.69 Å². The van der Waals surface area contributed by atoms with Crippen molar-refractivity contribution in [2.75, 3.05) is 5.32 Å². The van der Waals surface area contributed by atoms with Crippen LogP contribution in [0.5, 0.6) is 0 Å². The molecule has 2 N–H and O–H groups in total. The van der Waals surface area contributed by atoms with Gasteiger partial charge < -0.3 is 10.6 Å². The summed E-state index contributed by atoms with van der Waals surface area (Å²) in [5.41, 5.74) is 3.05. The van der Waals surface area contributed by atoms with E-state index >= 15 is 0 Å². The maximum Gasteiger partial charge on any atom is 0.233 e. The number of amides is 2. The zero-order valence-electron chi connectivity index (χ0n) is 12.2. The monoisotopic (exact) mass is 274 g/mol. The molecule has 1 aromatic carbocycles. The molecule has 1 aliphatic rings. The first kappa shape index (κ1) is 14.6. The van der Waals surface area contributed by atoms with E-state index in [1.54, 1.807) is 0 Å². The van der Waals surface area contributed by atoms with Gasteiger partial charge in [0, 0.05) is 11.7 Å². The number of hydrogen-bond acceptors (Lipinski definition) is 2. The van der Waals surface area contributed by atoms with E-state index < -0.39 is 0 Å². The predicted octanol–water partition coefficient (Wildman–Crippen LogP) is 2.69. The van der Waals surface area contributed by atoms with E-state index in [0.29, 0.717) is 0 Å². The predicted molar refractivity (Wildman–Crippen MR) is 79.6 cm³/mol. The normalized spacial score (nSPS) is 15.1. The van der Waals surface area contributed by atoms with Gasteiger partial charge in [-0.1, -0.05) is 18.9 Å². The van der Waals surface area contributed by atoms with Gasteiger partial charge in [0.2, 0.25) is 11.8 Å². The summed E-state index contributed by atoms with van der Waals surface area (Å²) in [6.07, 6.45) is 4.29. The van der Waals surface area contributed by atoms with E-state index in [9.17, 15) is 9.59 Å². The van der Waals surface area contributed by atoms with Crippen LogP contribution in [0, 0.1) is 13.8 Å². The van der Waals surface area contributed by atoms with E-state index in [2.05, 4.69) is 10.6 Å². The molecule has 0 saturated heterocycles. The molecule has 0 aliphatic heterocycles. The number of carbonyl (C=O) groups excluding carboxylic acids is 2. The number of hydrogen-bond donors (Lipinski definition) is 2. The largest absolute Gasteiger partial charge is 0.353 e. The highest BCUT2D eigenvalue weighted by Crippen LogP contribution is 2.18. The third-order valence-electron chi connectivity index (χ3n) is 3.83. The summed E-state index contributed by atoms with van der Waals surface area (Å²) in [4.78, 5) is 23.6. The SMILES string of the molecule is Cc1ccc(NC(=O)CC(=O)NC2CCCC2)cc1C. The first-order chi connectivity index (χ1) is 9.54. The fourth-order valence-electron chi connectivity index (χ4n) is 2.52. The minimum Gasteiger partial charge on any atom is -0.353 e. The Balaban J connectivity index is 1.82. The van der Waals surface area contributed by atoms with Crippen molar-refractivity contribution in [1.29, 1.82) is 0 Å². The Kier molecular flexibility index (Phi) is 4.77. The van der Waals surface area contributed by atoms with Crippen molar-refractivity contribution in [3.05, 3.63) is 29.3 Å². The van der Waals surface area contributed by atoms with Gasteiger partial charge in [-0.05, 0) is 49.9 Å². The first-order valence-electron chi connectivity index (χ1n) is 7.21. The molecule has 0 unspecified atom stereocenters.